The number of carbonyl (C=O) groups is 1. The fourth-order valence-corrected chi connectivity index (χ4v) is 1.12. The highest BCUT2D eigenvalue weighted by molar-refractivity contribution is 6.10. The van der Waals surface area contributed by atoms with Crippen molar-refractivity contribution < 1.29 is 9.58 Å². The monoisotopic (exact) mass is 162 g/mol. The van der Waals surface area contributed by atoms with E-state index in [4.69, 9.17) is 5.53 Å². The van der Waals surface area contributed by atoms with Crippen molar-refractivity contribution in [1.29, 1.82) is 0 Å². The van der Waals surface area contributed by atoms with Crippen LogP contribution in [0.25, 0.3) is 5.53 Å². The Hall–Kier alpha value is -1.47. The van der Waals surface area contributed by atoms with Gasteiger partial charge in [0.15, 0.2) is 5.78 Å². The molecule has 3 nitrogen and oxygen atoms in total. The van der Waals surface area contributed by atoms with Gasteiger partial charge >= 0.3 is 5.71 Å². The zero-order valence-corrected chi connectivity index (χ0v) is 6.90. The lowest BCUT2D eigenvalue weighted by Crippen LogP contribution is -2.22. The van der Waals surface area contributed by atoms with E-state index >= 15 is 0 Å². The highest BCUT2D eigenvalue weighted by Crippen LogP contribution is 2.10. The third-order valence-corrected chi connectivity index (χ3v) is 1.81. The van der Waals surface area contributed by atoms with Gasteiger partial charge in [0.1, 0.15) is 5.92 Å². The van der Waals surface area contributed by atoms with Crippen molar-refractivity contribution in [3.63, 3.8) is 0 Å². The minimum Gasteiger partial charge on any atom is -0.361 e. The molecule has 0 spiro atoms. The smallest absolute Gasteiger partial charge is 0.306 e. The second-order valence-electron chi connectivity index (χ2n) is 2.57. The van der Waals surface area contributed by atoms with E-state index in [-0.39, 0.29) is 11.7 Å². The van der Waals surface area contributed by atoms with Crippen LogP contribution in [0, 0.1) is 5.92 Å². The van der Waals surface area contributed by atoms with Crippen molar-refractivity contribution in [3.8, 4) is 0 Å². The quantitative estimate of drug-likeness (QED) is 0.447. The van der Waals surface area contributed by atoms with Crippen molar-refractivity contribution in [2.45, 2.75) is 13.3 Å². The van der Waals surface area contributed by atoms with Crippen LogP contribution in [0.3, 0.4) is 0 Å². The molecule has 0 saturated carbocycles. The number of hydrogen-bond acceptors (Lipinski definition) is 1. The first kappa shape index (κ1) is 8.62. The highest BCUT2D eigenvalue weighted by Gasteiger charge is 2.25. The van der Waals surface area contributed by atoms with Gasteiger partial charge < -0.3 is 5.53 Å². The molecule has 1 aliphatic rings. The minimum atomic E-state index is -0.356. The molecule has 0 fully saturated rings. The van der Waals surface area contributed by atoms with Crippen LogP contribution in [0.1, 0.15) is 13.3 Å². The van der Waals surface area contributed by atoms with Gasteiger partial charge in [-0.3, -0.25) is 4.79 Å². The molecule has 3 heteroatoms. The molecule has 62 valence electrons. The summed E-state index contributed by atoms with van der Waals surface area (Å²) in [6, 6.07) is 0. The van der Waals surface area contributed by atoms with Gasteiger partial charge in [0, 0.05) is 12.5 Å². The predicted molar refractivity (Wildman–Crippen MR) is 45.7 cm³/mol. The summed E-state index contributed by atoms with van der Waals surface area (Å²) in [6.07, 6.45) is 7.36. The SMILES string of the molecule is CCC(=O)C1C=CC=CC1=[N+]=[N-]. The molecule has 1 unspecified atom stereocenters. The molecule has 1 rings (SSSR count). The average Bonchev–Trinajstić information content (AvgIpc) is 2.16. The van der Waals surface area contributed by atoms with Crippen LogP contribution in [-0.2, 0) is 4.79 Å². The molecule has 0 aromatic rings. The zero-order valence-electron chi connectivity index (χ0n) is 6.90. The van der Waals surface area contributed by atoms with Crippen LogP contribution < -0.4 is 0 Å². The van der Waals surface area contributed by atoms with E-state index in [0.717, 1.165) is 0 Å². The Morgan fingerprint density at radius 3 is 3.00 bits per heavy atom. The summed E-state index contributed by atoms with van der Waals surface area (Å²) < 4.78 is 0. The van der Waals surface area contributed by atoms with E-state index < -0.39 is 0 Å². The first-order valence-corrected chi connectivity index (χ1v) is 3.89. The van der Waals surface area contributed by atoms with Gasteiger partial charge in [0.05, 0.1) is 0 Å². The van der Waals surface area contributed by atoms with Crippen molar-refractivity contribution in [2.24, 2.45) is 5.92 Å². The molecule has 0 aromatic carbocycles. The van der Waals surface area contributed by atoms with Crippen LogP contribution in [0.15, 0.2) is 24.3 Å². The Morgan fingerprint density at radius 2 is 2.42 bits per heavy atom. The molecule has 0 heterocycles. The molecule has 0 bridgehead atoms. The van der Waals surface area contributed by atoms with Gasteiger partial charge in [0.2, 0.25) is 0 Å². The van der Waals surface area contributed by atoms with Crippen LogP contribution in [0.2, 0.25) is 0 Å². The maximum Gasteiger partial charge on any atom is 0.306 e. The highest BCUT2D eigenvalue weighted by atomic mass is 16.1. The summed E-state index contributed by atoms with van der Waals surface area (Å²) in [5.41, 5.74) is 8.98. The van der Waals surface area contributed by atoms with E-state index in [9.17, 15) is 4.79 Å². The number of hydrogen-bond donors (Lipinski definition) is 0. The molecule has 0 amide bonds. The lowest BCUT2D eigenvalue weighted by molar-refractivity contribution is -0.120. The lowest BCUT2D eigenvalue weighted by Gasteiger charge is -2.04. The van der Waals surface area contributed by atoms with Crippen molar-refractivity contribution >= 4 is 11.5 Å². The number of carbonyl (C=O) groups excluding carboxylic acids is 1. The van der Waals surface area contributed by atoms with E-state index in [1.807, 2.05) is 0 Å². The fourth-order valence-electron chi connectivity index (χ4n) is 1.12. The van der Waals surface area contributed by atoms with Gasteiger partial charge in [0.25, 0.3) is 0 Å². The molecule has 1 atom stereocenters. The van der Waals surface area contributed by atoms with Gasteiger partial charge in [-0.05, 0) is 0 Å². The first-order chi connectivity index (χ1) is 5.79. The molecular formula is C9H10N2O. The Bertz CT molecular complexity index is 296. The maximum atomic E-state index is 11.3. The fraction of sp³-hybridized carbons (Fsp3) is 0.333. The summed E-state index contributed by atoms with van der Waals surface area (Å²) in [7, 11) is 0. The average molecular weight is 162 g/mol. The van der Waals surface area contributed by atoms with Gasteiger partial charge in [-0.1, -0.05) is 25.2 Å². The van der Waals surface area contributed by atoms with E-state index in [1.54, 1.807) is 31.2 Å². The van der Waals surface area contributed by atoms with Crippen LogP contribution in [0.5, 0.6) is 0 Å². The summed E-state index contributed by atoms with van der Waals surface area (Å²) >= 11 is 0. The van der Waals surface area contributed by atoms with Crippen molar-refractivity contribution in [3.05, 3.63) is 29.8 Å². The molecule has 1 aliphatic carbocycles. The molecule has 0 N–H and O–H groups in total. The number of allylic oxidation sites excluding steroid dienone is 4. The summed E-state index contributed by atoms with van der Waals surface area (Å²) in [5, 5.41) is 0. The first-order valence-electron chi connectivity index (χ1n) is 3.89. The second-order valence-corrected chi connectivity index (χ2v) is 2.57. The molecule has 0 aromatic heterocycles. The van der Waals surface area contributed by atoms with Gasteiger partial charge in [-0.25, -0.2) is 0 Å². The predicted octanol–water partition coefficient (Wildman–Crippen LogP) is 1.38. The van der Waals surface area contributed by atoms with Crippen molar-refractivity contribution in [2.75, 3.05) is 0 Å². The number of nitrogens with zero attached hydrogens (tertiary/aromatic N) is 2. The molecular weight excluding hydrogens is 152 g/mol. The minimum absolute atomic E-state index is 0.0726. The Labute approximate surface area is 71.0 Å². The summed E-state index contributed by atoms with van der Waals surface area (Å²) in [5.74, 6) is -0.284. The molecule has 0 aliphatic heterocycles. The maximum absolute atomic E-state index is 11.3. The lowest BCUT2D eigenvalue weighted by atomic mass is 9.93. The Morgan fingerprint density at radius 1 is 1.67 bits per heavy atom. The Balaban J connectivity index is 2.90. The van der Waals surface area contributed by atoms with E-state index in [2.05, 4.69) is 4.79 Å². The number of Topliss-reactive ketones (excluding diaryl/α,β-unsaturated/α-hetero) is 1. The summed E-state index contributed by atoms with van der Waals surface area (Å²) in [4.78, 5) is 14.3. The molecule has 12 heavy (non-hydrogen) atoms. The number of ketones is 1. The molecule has 0 radical (unpaired) electrons. The third kappa shape index (κ3) is 1.57. The zero-order chi connectivity index (χ0) is 8.97. The molecule has 0 saturated heterocycles. The van der Waals surface area contributed by atoms with Gasteiger partial charge in [-0.15, -0.1) is 0 Å². The van der Waals surface area contributed by atoms with Crippen LogP contribution in [0.4, 0.5) is 0 Å². The number of rotatable bonds is 2. The van der Waals surface area contributed by atoms with E-state index in [0.29, 0.717) is 12.1 Å². The van der Waals surface area contributed by atoms with E-state index in [1.165, 1.54) is 0 Å². The van der Waals surface area contributed by atoms with Gasteiger partial charge in [-0.2, -0.15) is 4.79 Å². The largest absolute Gasteiger partial charge is 0.361 e. The topological polar surface area (TPSA) is 53.5 Å². The standard InChI is InChI=1S/C9H10N2O/c1-2-9(12)7-5-3-4-6-8(7)11-10/h3-7H,2H2,1H3. The summed E-state index contributed by atoms with van der Waals surface area (Å²) in [6.45, 7) is 1.80. The Kier molecular flexibility index (Phi) is 2.72. The van der Waals surface area contributed by atoms with Crippen LogP contribution in [-0.4, -0.2) is 16.3 Å². The second kappa shape index (κ2) is 3.79. The van der Waals surface area contributed by atoms with Crippen LogP contribution >= 0.6 is 0 Å². The third-order valence-electron chi connectivity index (χ3n) is 1.81. The normalized spacial score (nSPS) is 20.8. The van der Waals surface area contributed by atoms with Crippen molar-refractivity contribution in [1.82, 2.24) is 0 Å².